The molecule has 4 rings (SSSR count). The van der Waals surface area contributed by atoms with E-state index < -0.39 is 17.7 Å². The highest BCUT2D eigenvalue weighted by molar-refractivity contribution is 7.09. The number of carbonyl (C=O) groups is 2. The van der Waals surface area contributed by atoms with Crippen LogP contribution in [0.3, 0.4) is 0 Å². The van der Waals surface area contributed by atoms with Crippen LogP contribution in [0.2, 0.25) is 0 Å². The van der Waals surface area contributed by atoms with E-state index in [-0.39, 0.29) is 36.1 Å². The monoisotopic (exact) mass is 500 g/mol. The Hall–Kier alpha value is -3.27. The lowest BCUT2D eigenvalue weighted by Crippen LogP contribution is -2.48. The number of amides is 1. The maximum absolute atomic E-state index is 13.7. The molecule has 1 saturated heterocycles. The quantitative estimate of drug-likeness (QED) is 0.438. The van der Waals surface area contributed by atoms with Crippen molar-refractivity contribution in [1.29, 1.82) is 0 Å². The van der Waals surface area contributed by atoms with E-state index in [1.54, 1.807) is 41.9 Å². The van der Waals surface area contributed by atoms with Gasteiger partial charge in [0.15, 0.2) is 5.69 Å². The average Bonchev–Trinajstić information content (AvgIpc) is 3.50. The molecule has 1 aliphatic rings. The fourth-order valence-corrected chi connectivity index (χ4v) is 5.26. The lowest BCUT2D eigenvalue weighted by atomic mass is 9.79. The molecule has 1 aromatic carbocycles. The van der Waals surface area contributed by atoms with E-state index in [1.807, 2.05) is 31.5 Å². The molecule has 0 aliphatic carbocycles. The minimum Gasteiger partial charge on any atom is -0.461 e. The van der Waals surface area contributed by atoms with Crippen molar-refractivity contribution in [3.63, 3.8) is 0 Å². The predicted octanol–water partition coefficient (Wildman–Crippen LogP) is 5.36. The van der Waals surface area contributed by atoms with Gasteiger partial charge in [-0.15, -0.1) is 11.3 Å². The maximum Gasteiger partial charge on any atom is 0.411 e. The van der Waals surface area contributed by atoms with Crippen molar-refractivity contribution in [2.24, 2.45) is 0 Å². The molecule has 186 valence electrons. The maximum atomic E-state index is 13.7. The van der Waals surface area contributed by atoms with E-state index in [9.17, 15) is 14.0 Å². The summed E-state index contributed by atoms with van der Waals surface area (Å²) < 4.78 is 26.4. The zero-order valence-corrected chi connectivity index (χ0v) is 21.0. The molecule has 10 heteroatoms. The Morgan fingerprint density at radius 1 is 1.20 bits per heavy atom. The van der Waals surface area contributed by atoms with Crippen LogP contribution >= 0.6 is 11.3 Å². The molecule has 3 unspecified atom stereocenters. The highest BCUT2D eigenvalue weighted by Gasteiger charge is 2.43. The number of esters is 1. The van der Waals surface area contributed by atoms with Crippen molar-refractivity contribution in [2.75, 3.05) is 13.2 Å². The van der Waals surface area contributed by atoms with E-state index >= 15 is 0 Å². The third-order valence-electron chi connectivity index (χ3n) is 5.82. The first-order chi connectivity index (χ1) is 16.7. The highest BCUT2D eigenvalue weighted by atomic mass is 32.1. The van der Waals surface area contributed by atoms with Crippen LogP contribution in [-0.2, 0) is 9.47 Å². The number of piperidine rings is 1. The van der Waals surface area contributed by atoms with Crippen LogP contribution in [0.4, 0.5) is 9.18 Å². The Balaban J connectivity index is 1.74. The summed E-state index contributed by atoms with van der Waals surface area (Å²) in [4.78, 5) is 36.0. The Kier molecular flexibility index (Phi) is 7.20. The van der Waals surface area contributed by atoms with Crippen molar-refractivity contribution < 1.29 is 23.5 Å². The number of carbonyl (C=O) groups excluding carboxylic acids is 2. The van der Waals surface area contributed by atoms with Crippen LogP contribution < -0.4 is 0 Å². The zero-order chi connectivity index (χ0) is 25.2. The van der Waals surface area contributed by atoms with Gasteiger partial charge in [-0.05, 0) is 57.7 Å². The van der Waals surface area contributed by atoms with Gasteiger partial charge in [-0.2, -0.15) is 0 Å². The fraction of sp³-hybridized carbons (Fsp3) is 0.440. The van der Waals surface area contributed by atoms with Gasteiger partial charge < -0.3 is 14.0 Å². The van der Waals surface area contributed by atoms with E-state index in [4.69, 9.17) is 9.47 Å². The van der Waals surface area contributed by atoms with Crippen molar-refractivity contribution in [3.05, 3.63) is 70.4 Å². The summed E-state index contributed by atoms with van der Waals surface area (Å²) in [5, 5.41) is 2.38. The lowest BCUT2D eigenvalue weighted by molar-refractivity contribution is -0.00754. The smallest absolute Gasteiger partial charge is 0.411 e. The number of hydrogen-bond donors (Lipinski definition) is 0. The highest BCUT2D eigenvalue weighted by Crippen LogP contribution is 2.46. The predicted molar refractivity (Wildman–Crippen MR) is 129 cm³/mol. The number of rotatable bonds is 5. The SMILES string of the molecule is CCOC(=O)c1csc(C2CN(C(=O)OC(C)(C)C)C(n3ccnc3)CC2c2ccc(F)cc2)n1. The Labute approximate surface area is 207 Å². The molecule has 1 fully saturated rings. The number of imidazole rings is 1. The Morgan fingerprint density at radius 3 is 2.57 bits per heavy atom. The number of ether oxygens (including phenoxy) is 2. The Bertz CT molecular complexity index is 1160. The number of nitrogens with zero attached hydrogens (tertiary/aromatic N) is 4. The van der Waals surface area contributed by atoms with E-state index in [2.05, 4.69) is 9.97 Å². The van der Waals surface area contributed by atoms with Gasteiger partial charge in [0.1, 0.15) is 17.6 Å². The third-order valence-corrected chi connectivity index (χ3v) is 6.80. The van der Waals surface area contributed by atoms with Crippen molar-refractivity contribution in [2.45, 2.75) is 57.7 Å². The first-order valence-corrected chi connectivity index (χ1v) is 12.4. The number of likely N-dealkylation sites (tertiary alicyclic amines) is 1. The molecule has 0 radical (unpaired) electrons. The number of thiazole rings is 1. The number of benzene rings is 1. The molecule has 0 spiro atoms. The largest absolute Gasteiger partial charge is 0.461 e. The molecule has 8 nitrogen and oxygen atoms in total. The number of aromatic nitrogens is 3. The second-order valence-electron chi connectivity index (χ2n) is 9.41. The van der Waals surface area contributed by atoms with Gasteiger partial charge >= 0.3 is 12.1 Å². The molecule has 0 N–H and O–H groups in total. The van der Waals surface area contributed by atoms with Gasteiger partial charge in [-0.3, -0.25) is 4.90 Å². The number of halogens is 1. The van der Waals surface area contributed by atoms with Gasteiger partial charge in [0.2, 0.25) is 0 Å². The molecule has 0 bridgehead atoms. The minimum absolute atomic E-state index is 0.0946. The molecular formula is C25H29FN4O4S. The van der Waals surface area contributed by atoms with Crippen LogP contribution in [0, 0.1) is 5.82 Å². The molecule has 3 heterocycles. The zero-order valence-electron chi connectivity index (χ0n) is 20.2. The summed E-state index contributed by atoms with van der Waals surface area (Å²) >= 11 is 1.35. The van der Waals surface area contributed by atoms with Gasteiger partial charge in [0.25, 0.3) is 0 Å². The molecule has 0 saturated carbocycles. The summed E-state index contributed by atoms with van der Waals surface area (Å²) in [5.74, 6) is -1.13. The summed E-state index contributed by atoms with van der Waals surface area (Å²) in [6.45, 7) is 7.78. The topological polar surface area (TPSA) is 86.5 Å². The summed E-state index contributed by atoms with van der Waals surface area (Å²) in [7, 11) is 0. The standard InChI is InChI=1S/C25H29FN4O4S/c1-5-33-23(31)20-14-35-22(28-20)19-13-30(24(32)34-25(2,3)4)21(29-11-10-27-15-29)12-18(19)16-6-8-17(26)9-7-16/h6-11,14-15,18-19,21H,5,12-13H2,1-4H3. The molecule has 35 heavy (non-hydrogen) atoms. The fourth-order valence-electron chi connectivity index (χ4n) is 4.31. The van der Waals surface area contributed by atoms with Crippen LogP contribution in [0.1, 0.15) is 73.2 Å². The first kappa shape index (κ1) is 24.8. The molecule has 1 aliphatic heterocycles. The Morgan fingerprint density at radius 2 is 1.94 bits per heavy atom. The number of hydrogen-bond acceptors (Lipinski definition) is 7. The summed E-state index contributed by atoms with van der Waals surface area (Å²) in [6, 6.07) is 6.40. The van der Waals surface area contributed by atoms with Crippen molar-refractivity contribution in [1.82, 2.24) is 19.4 Å². The van der Waals surface area contributed by atoms with E-state index in [0.29, 0.717) is 18.0 Å². The van der Waals surface area contributed by atoms with Crippen molar-refractivity contribution >= 4 is 23.4 Å². The van der Waals surface area contributed by atoms with Crippen LogP contribution in [0.15, 0.2) is 48.4 Å². The molecule has 1 amide bonds. The van der Waals surface area contributed by atoms with Gasteiger partial charge in [-0.25, -0.2) is 23.9 Å². The second-order valence-corrected chi connectivity index (χ2v) is 10.3. The van der Waals surface area contributed by atoms with E-state index in [1.165, 1.54) is 23.5 Å². The van der Waals surface area contributed by atoms with Gasteiger partial charge in [0, 0.05) is 30.2 Å². The second kappa shape index (κ2) is 10.2. The van der Waals surface area contributed by atoms with Crippen LogP contribution in [-0.4, -0.2) is 50.3 Å². The van der Waals surface area contributed by atoms with Crippen LogP contribution in [0.25, 0.3) is 0 Å². The van der Waals surface area contributed by atoms with Gasteiger partial charge in [-0.1, -0.05) is 12.1 Å². The average molecular weight is 501 g/mol. The summed E-state index contributed by atoms with van der Waals surface area (Å²) in [5.41, 5.74) is 0.501. The molecule has 3 aromatic rings. The van der Waals surface area contributed by atoms with Gasteiger partial charge in [0.05, 0.1) is 17.9 Å². The van der Waals surface area contributed by atoms with Crippen LogP contribution in [0.5, 0.6) is 0 Å². The normalized spacial score (nSPS) is 20.5. The molecule has 2 aromatic heterocycles. The third kappa shape index (κ3) is 5.70. The first-order valence-electron chi connectivity index (χ1n) is 11.5. The minimum atomic E-state index is -0.669. The molecular weight excluding hydrogens is 471 g/mol. The van der Waals surface area contributed by atoms with Crippen molar-refractivity contribution in [3.8, 4) is 0 Å². The summed E-state index contributed by atoms with van der Waals surface area (Å²) in [6.07, 6.45) is 4.88. The lowest BCUT2D eigenvalue weighted by Gasteiger charge is -2.44. The van der Waals surface area contributed by atoms with E-state index in [0.717, 1.165) is 5.56 Å². The molecule has 3 atom stereocenters.